The average molecular weight is 337 g/mol. The summed E-state index contributed by atoms with van der Waals surface area (Å²) < 4.78 is 7.20. The smallest absolute Gasteiger partial charge is 0.254 e. The molecule has 0 bridgehead atoms. The molecule has 0 saturated carbocycles. The fraction of sp³-hybridized carbons (Fsp3) is 0.263. The molecule has 3 aromatic rings. The lowest BCUT2D eigenvalue weighted by molar-refractivity contribution is -0.128. The first-order chi connectivity index (χ1) is 12.2. The van der Waals surface area contributed by atoms with Gasteiger partial charge in [0.05, 0.1) is 24.2 Å². The van der Waals surface area contributed by atoms with E-state index in [1.165, 1.54) is 0 Å². The maximum Gasteiger partial charge on any atom is 0.254 e. The first-order valence-corrected chi connectivity index (χ1v) is 8.36. The van der Waals surface area contributed by atoms with Crippen LogP contribution in [0.3, 0.4) is 0 Å². The highest BCUT2D eigenvalue weighted by atomic mass is 16.5. The minimum atomic E-state index is -0.110. The van der Waals surface area contributed by atoms with Crippen LogP contribution in [0.1, 0.15) is 0 Å². The fourth-order valence-corrected chi connectivity index (χ4v) is 3.28. The topological polar surface area (TPSA) is 63.6 Å². The molecule has 0 unspecified atom stereocenters. The van der Waals surface area contributed by atoms with Crippen LogP contribution in [0.15, 0.2) is 53.3 Å². The van der Waals surface area contributed by atoms with Crippen molar-refractivity contribution >= 4 is 27.7 Å². The van der Waals surface area contributed by atoms with Gasteiger partial charge in [-0.1, -0.05) is 24.3 Å². The fourth-order valence-electron chi connectivity index (χ4n) is 3.28. The van der Waals surface area contributed by atoms with Crippen molar-refractivity contribution in [2.45, 2.75) is 6.54 Å². The minimum Gasteiger partial charge on any atom is -0.379 e. The molecule has 0 aliphatic carbocycles. The largest absolute Gasteiger partial charge is 0.379 e. The number of ether oxygens (including phenoxy) is 1. The van der Waals surface area contributed by atoms with Gasteiger partial charge in [0.15, 0.2) is 5.43 Å². The SMILES string of the molecule is O=C(Cn1c2ccccc2c(=O)c2ccccc21)NN1CCOCC1. The molecule has 2 aromatic carbocycles. The van der Waals surface area contributed by atoms with Crippen LogP contribution in [0, 0.1) is 0 Å². The lowest BCUT2D eigenvalue weighted by atomic mass is 10.1. The van der Waals surface area contributed by atoms with Gasteiger partial charge in [-0.15, -0.1) is 0 Å². The van der Waals surface area contributed by atoms with E-state index in [4.69, 9.17) is 4.74 Å². The van der Waals surface area contributed by atoms with Crippen molar-refractivity contribution in [2.24, 2.45) is 0 Å². The number of rotatable bonds is 3. The molecule has 1 N–H and O–H groups in total. The number of pyridine rings is 1. The van der Waals surface area contributed by atoms with Gasteiger partial charge in [-0.25, -0.2) is 5.01 Å². The molecule has 2 heterocycles. The van der Waals surface area contributed by atoms with E-state index in [0.717, 1.165) is 11.0 Å². The Morgan fingerprint density at radius 1 is 0.960 bits per heavy atom. The number of hydrogen-bond acceptors (Lipinski definition) is 4. The summed E-state index contributed by atoms with van der Waals surface area (Å²) >= 11 is 0. The number of aromatic nitrogens is 1. The van der Waals surface area contributed by atoms with Gasteiger partial charge in [-0.2, -0.15) is 0 Å². The Kier molecular flexibility index (Phi) is 4.21. The van der Waals surface area contributed by atoms with E-state index in [2.05, 4.69) is 5.43 Å². The van der Waals surface area contributed by atoms with E-state index in [1.54, 1.807) is 12.1 Å². The molecule has 0 spiro atoms. The number of para-hydroxylation sites is 2. The molecular weight excluding hydrogens is 318 g/mol. The molecule has 1 aromatic heterocycles. The maximum absolute atomic E-state index is 12.7. The van der Waals surface area contributed by atoms with E-state index in [9.17, 15) is 9.59 Å². The van der Waals surface area contributed by atoms with Crippen molar-refractivity contribution in [3.8, 4) is 0 Å². The quantitative estimate of drug-likeness (QED) is 0.736. The number of carbonyl (C=O) groups is 1. The lowest BCUT2D eigenvalue weighted by Crippen LogP contribution is -2.49. The van der Waals surface area contributed by atoms with Crippen molar-refractivity contribution in [2.75, 3.05) is 26.3 Å². The molecule has 128 valence electrons. The monoisotopic (exact) mass is 337 g/mol. The van der Waals surface area contributed by atoms with Crippen molar-refractivity contribution in [3.05, 3.63) is 58.8 Å². The van der Waals surface area contributed by atoms with Crippen LogP contribution in [0.2, 0.25) is 0 Å². The van der Waals surface area contributed by atoms with Crippen molar-refractivity contribution < 1.29 is 9.53 Å². The van der Waals surface area contributed by atoms with Gasteiger partial charge < -0.3 is 9.30 Å². The zero-order chi connectivity index (χ0) is 17.2. The molecule has 0 atom stereocenters. The van der Waals surface area contributed by atoms with Gasteiger partial charge in [0.2, 0.25) is 0 Å². The van der Waals surface area contributed by atoms with Crippen LogP contribution in [0.25, 0.3) is 21.8 Å². The summed E-state index contributed by atoms with van der Waals surface area (Å²) in [6.45, 7) is 2.74. The van der Waals surface area contributed by atoms with Crippen molar-refractivity contribution in [1.82, 2.24) is 15.0 Å². The molecule has 1 aliphatic heterocycles. The Hall–Kier alpha value is -2.70. The predicted molar refractivity (Wildman–Crippen MR) is 96.2 cm³/mol. The Morgan fingerprint density at radius 2 is 1.52 bits per heavy atom. The Bertz CT molecular complexity index is 930. The molecule has 6 heteroatoms. The highest BCUT2D eigenvalue weighted by Crippen LogP contribution is 2.18. The average Bonchev–Trinajstić information content (AvgIpc) is 2.66. The lowest BCUT2D eigenvalue weighted by Gasteiger charge is -2.27. The summed E-state index contributed by atoms with van der Waals surface area (Å²) in [6, 6.07) is 14.8. The zero-order valence-corrected chi connectivity index (χ0v) is 13.8. The van der Waals surface area contributed by atoms with Gasteiger partial charge in [0.1, 0.15) is 6.54 Å². The molecule has 25 heavy (non-hydrogen) atoms. The third-order valence-electron chi connectivity index (χ3n) is 4.47. The maximum atomic E-state index is 12.7. The first kappa shape index (κ1) is 15.8. The van der Waals surface area contributed by atoms with Crippen LogP contribution >= 0.6 is 0 Å². The molecule has 1 saturated heterocycles. The first-order valence-electron chi connectivity index (χ1n) is 8.36. The third-order valence-corrected chi connectivity index (χ3v) is 4.47. The van der Waals surface area contributed by atoms with Crippen molar-refractivity contribution in [3.63, 3.8) is 0 Å². The summed E-state index contributed by atoms with van der Waals surface area (Å²) in [5, 5.41) is 3.12. The van der Waals surface area contributed by atoms with Gasteiger partial charge in [-0.3, -0.25) is 15.0 Å². The number of fused-ring (bicyclic) bond motifs is 2. The highest BCUT2D eigenvalue weighted by Gasteiger charge is 2.16. The van der Waals surface area contributed by atoms with E-state index in [-0.39, 0.29) is 17.9 Å². The summed E-state index contributed by atoms with van der Waals surface area (Å²) in [7, 11) is 0. The predicted octanol–water partition coefficient (Wildman–Crippen LogP) is 1.52. The molecule has 1 aliphatic rings. The normalized spacial score (nSPS) is 15.5. The molecule has 4 rings (SSSR count). The van der Waals surface area contributed by atoms with Crippen LogP contribution in [-0.2, 0) is 16.1 Å². The van der Waals surface area contributed by atoms with E-state index in [0.29, 0.717) is 37.1 Å². The van der Waals surface area contributed by atoms with Crippen LogP contribution < -0.4 is 10.9 Å². The zero-order valence-electron chi connectivity index (χ0n) is 13.8. The van der Waals surface area contributed by atoms with Crippen LogP contribution in [-0.4, -0.2) is 41.8 Å². The Morgan fingerprint density at radius 3 is 2.12 bits per heavy atom. The Labute approximate surface area is 144 Å². The van der Waals surface area contributed by atoms with Crippen LogP contribution in [0.5, 0.6) is 0 Å². The number of hydrogen-bond donors (Lipinski definition) is 1. The number of nitrogens with zero attached hydrogens (tertiary/aromatic N) is 2. The summed E-state index contributed by atoms with van der Waals surface area (Å²) in [6.07, 6.45) is 0. The number of benzene rings is 2. The summed E-state index contributed by atoms with van der Waals surface area (Å²) in [4.78, 5) is 25.3. The van der Waals surface area contributed by atoms with Crippen molar-refractivity contribution in [1.29, 1.82) is 0 Å². The standard InChI is InChI=1S/C19H19N3O3/c23-18(20-21-9-11-25-12-10-21)13-22-16-7-3-1-5-14(16)19(24)15-6-2-4-8-17(15)22/h1-8H,9-13H2,(H,20,23). The second kappa shape index (κ2) is 6.66. The second-order valence-corrected chi connectivity index (χ2v) is 6.08. The summed E-state index contributed by atoms with van der Waals surface area (Å²) in [5.74, 6) is -0.110. The van der Waals surface area contributed by atoms with Crippen LogP contribution in [0.4, 0.5) is 0 Å². The molecule has 1 amide bonds. The highest BCUT2D eigenvalue weighted by molar-refractivity contribution is 5.94. The Balaban J connectivity index is 1.75. The molecular formula is C19H19N3O3. The second-order valence-electron chi connectivity index (χ2n) is 6.08. The van der Waals surface area contributed by atoms with Gasteiger partial charge in [0, 0.05) is 23.9 Å². The minimum absolute atomic E-state index is 0.00367. The molecule has 1 fully saturated rings. The number of nitrogens with one attached hydrogen (secondary N) is 1. The van der Waals surface area contributed by atoms with E-state index >= 15 is 0 Å². The van der Waals surface area contributed by atoms with Gasteiger partial charge >= 0.3 is 0 Å². The number of amides is 1. The van der Waals surface area contributed by atoms with E-state index in [1.807, 2.05) is 46.0 Å². The molecule has 0 radical (unpaired) electrons. The number of carbonyl (C=O) groups excluding carboxylic acids is 1. The number of morpholine rings is 1. The molecule has 6 nitrogen and oxygen atoms in total. The number of hydrazine groups is 1. The van der Waals surface area contributed by atoms with Gasteiger partial charge in [-0.05, 0) is 24.3 Å². The summed E-state index contributed by atoms with van der Waals surface area (Å²) in [5.41, 5.74) is 4.46. The third kappa shape index (κ3) is 3.01. The van der Waals surface area contributed by atoms with E-state index < -0.39 is 0 Å². The van der Waals surface area contributed by atoms with Gasteiger partial charge in [0.25, 0.3) is 5.91 Å².